The Hall–Kier alpha value is -3.66. The molecular weight excluding hydrogens is 346 g/mol. The lowest BCUT2D eigenvalue weighted by Gasteiger charge is -2.13. The molecule has 0 aliphatic carbocycles. The predicted molar refractivity (Wildman–Crippen MR) is 112 cm³/mol. The van der Waals surface area contributed by atoms with Gasteiger partial charge in [-0.05, 0) is 41.7 Å². The molecule has 0 saturated heterocycles. The van der Waals surface area contributed by atoms with Gasteiger partial charge >= 0.3 is 0 Å². The first-order valence-corrected chi connectivity index (χ1v) is 9.46. The van der Waals surface area contributed by atoms with Gasteiger partial charge in [0.05, 0.1) is 40.6 Å². The number of fused-ring (bicyclic) bond motifs is 7. The van der Waals surface area contributed by atoms with Gasteiger partial charge in [0.2, 0.25) is 0 Å². The SMILES string of the molecule is Cc1c2ccoc2cc2c1c1c3c(ccc4c5ccccc5n2c43)nc[n+]1C. The molecule has 0 saturated carbocycles. The fourth-order valence-electron chi connectivity index (χ4n) is 5.06. The number of para-hydroxylation sites is 1. The average molecular weight is 362 g/mol. The molecule has 0 amide bonds. The molecule has 0 radical (unpaired) electrons. The zero-order valence-electron chi connectivity index (χ0n) is 15.5. The van der Waals surface area contributed by atoms with Crippen molar-refractivity contribution in [2.24, 2.45) is 7.05 Å². The molecule has 0 bridgehead atoms. The molecule has 4 heteroatoms. The Labute approximate surface area is 159 Å². The Balaban J connectivity index is 2.01. The van der Waals surface area contributed by atoms with E-state index in [2.05, 4.69) is 71.5 Å². The predicted octanol–water partition coefficient (Wildman–Crippen LogP) is 5.26. The summed E-state index contributed by atoms with van der Waals surface area (Å²) in [6.45, 7) is 2.19. The fraction of sp³-hybridized carbons (Fsp3) is 0.0833. The lowest BCUT2D eigenvalue weighted by atomic mass is 10.00. The summed E-state index contributed by atoms with van der Waals surface area (Å²) in [7, 11) is 2.09. The number of hydrogen-bond donors (Lipinski definition) is 0. The Morgan fingerprint density at radius 1 is 0.929 bits per heavy atom. The van der Waals surface area contributed by atoms with Crippen LogP contribution in [0.5, 0.6) is 0 Å². The zero-order valence-corrected chi connectivity index (χ0v) is 15.5. The number of aryl methyl sites for hydroxylation is 2. The normalized spacial score (nSPS) is 12.6. The van der Waals surface area contributed by atoms with Gasteiger partial charge in [-0.1, -0.05) is 18.2 Å². The molecule has 0 N–H and O–H groups in total. The number of rotatable bonds is 0. The van der Waals surface area contributed by atoms with Crippen LogP contribution in [0.25, 0.3) is 60.1 Å². The number of aromatic nitrogens is 3. The van der Waals surface area contributed by atoms with Crippen LogP contribution in [0.15, 0.2) is 65.5 Å². The van der Waals surface area contributed by atoms with Crippen molar-refractivity contribution < 1.29 is 8.98 Å². The van der Waals surface area contributed by atoms with Crippen molar-refractivity contribution in [2.45, 2.75) is 6.92 Å². The van der Waals surface area contributed by atoms with Crippen molar-refractivity contribution in [3.63, 3.8) is 0 Å². The minimum Gasteiger partial charge on any atom is -0.464 e. The van der Waals surface area contributed by atoms with Crippen LogP contribution < -0.4 is 4.57 Å². The summed E-state index contributed by atoms with van der Waals surface area (Å²) in [4.78, 5) is 4.72. The van der Waals surface area contributed by atoms with Gasteiger partial charge in [-0.15, -0.1) is 0 Å². The third kappa shape index (κ3) is 1.46. The van der Waals surface area contributed by atoms with Crippen molar-refractivity contribution >= 4 is 60.1 Å². The second-order valence-corrected chi connectivity index (χ2v) is 7.64. The monoisotopic (exact) mass is 362 g/mol. The molecule has 3 aromatic carbocycles. The molecule has 132 valence electrons. The summed E-state index contributed by atoms with van der Waals surface area (Å²) in [6, 6.07) is 17.2. The summed E-state index contributed by atoms with van der Waals surface area (Å²) in [5, 5.41) is 6.17. The molecule has 0 aliphatic rings. The Kier molecular flexibility index (Phi) is 2.36. The maximum atomic E-state index is 5.81. The summed E-state index contributed by atoms with van der Waals surface area (Å²) in [6.07, 6.45) is 3.70. The smallest absolute Gasteiger partial charge is 0.287 e. The summed E-state index contributed by atoms with van der Waals surface area (Å²) >= 11 is 0. The maximum absolute atomic E-state index is 5.81. The summed E-state index contributed by atoms with van der Waals surface area (Å²) in [5.74, 6) is 0. The molecule has 0 atom stereocenters. The van der Waals surface area contributed by atoms with E-state index in [-0.39, 0.29) is 0 Å². The van der Waals surface area contributed by atoms with Crippen molar-refractivity contribution in [3.8, 4) is 0 Å². The topological polar surface area (TPSA) is 34.3 Å². The second kappa shape index (κ2) is 4.60. The Bertz CT molecular complexity index is 1740. The van der Waals surface area contributed by atoms with E-state index in [1.807, 2.05) is 6.33 Å². The highest BCUT2D eigenvalue weighted by Crippen LogP contribution is 2.41. The summed E-state index contributed by atoms with van der Waals surface area (Å²) in [5.41, 5.74) is 8.04. The number of nitrogens with zero attached hydrogens (tertiary/aromatic N) is 3. The van der Waals surface area contributed by atoms with Crippen molar-refractivity contribution in [1.82, 2.24) is 9.38 Å². The molecular formula is C24H16N3O+. The van der Waals surface area contributed by atoms with E-state index < -0.39 is 0 Å². The second-order valence-electron chi connectivity index (χ2n) is 7.64. The third-order valence-corrected chi connectivity index (χ3v) is 6.25. The van der Waals surface area contributed by atoms with Gasteiger partial charge in [-0.2, -0.15) is 0 Å². The molecule has 7 rings (SSSR count). The van der Waals surface area contributed by atoms with Crippen LogP contribution in [0.1, 0.15) is 5.56 Å². The van der Waals surface area contributed by atoms with Crippen LogP contribution in [-0.2, 0) is 7.05 Å². The molecule has 28 heavy (non-hydrogen) atoms. The van der Waals surface area contributed by atoms with Crippen molar-refractivity contribution in [2.75, 3.05) is 0 Å². The van der Waals surface area contributed by atoms with Crippen molar-refractivity contribution in [3.05, 3.63) is 66.7 Å². The van der Waals surface area contributed by atoms with Crippen molar-refractivity contribution in [1.29, 1.82) is 0 Å². The van der Waals surface area contributed by atoms with E-state index in [1.54, 1.807) is 6.26 Å². The van der Waals surface area contributed by atoms with Crippen LogP contribution in [0.2, 0.25) is 0 Å². The summed E-state index contributed by atoms with van der Waals surface area (Å²) < 4.78 is 10.4. The van der Waals surface area contributed by atoms with Crippen LogP contribution in [0.4, 0.5) is 0 Å². The van der Waals surface area contributed by atoms with E-state index in [4.69, 9.17) is 9.40 Å². The number of pyridine rings is 1. The van der Waals surface area contributed by atoms with E-state index in [0.717, 1.165) is 16.5 Å². The first kappa shape index (κ1) is 14.4. The van der Waals surface area contributed by atoms with Gasteiger partial charge < -0.3 is 8.82 Å². The highest BCUT2D eigenvalue weighted by Gasteiger charge is 2.24. The van der Waals surface area contributed by atoms with Gasteiger partial charge in [-0.25, -0.2) is 4.57 Å². The van der Waals surface area contributed by atoms with Crippen LogP contribution in [0.3, 0.4) is 0 Å². The number of benzene rings is 3. The lowest BCUT2D eigenvalue weighted by Crippen LogP contribution is -2.30. The molecule has 0 fully saturated rings. The highest BCUT2D eigenvalue weighted by molar-refractivity contribution is 6.27. The molecule has 4 aromatic heterocycles. The third-order valence-electron chi connectivity index (χ3n) is 6.25. The van der Waals surface area contributed by atoms with E-state index in [9.17, 15) is 0 Å². The quantitative estimate of drug-likeness (QED) is 0.209. The van der Waals surface area contributed by atoms with Crippen LogP contribution in [-0.4, -0.2) is 9.38 Å². The molecule has 0 spiro atoms. The van der Waals surface area contributed by atoms with E-state index >= 15 is 0 Å². The van der Waals surface area contributed by atoms with Gasteiger partial charge in [-0.3, -0.25) is 0 Å². The maximum Gasteiger partial charge on any atom is 0.287 e. The van der Waals surface area contributed by atoms with Crippen LogP contribution in [0, 0.1) is 6.92 Å². The first-order chi connectivity index (χ1) is 13.7. The first-order valence-electron chi connectivity index (χ1n) is 9.46. The molecule has 7 aromatic rings. The van der Waals surface area contributed by atoms with E-state index in [0.29, 0.717) is 0 Å². The number of furan rings is 1. The minimum atomic E-state index is 0.925. The average Bonchev–Trinajstić information content (AvgIpc) is 3.31. The molecule has 0 unspecified atom stereocenters. The van der Waals surface area contributed by atoms with Crippen LogP contribution >= 0.6 is 0 Å². The minimum absolute atomic E-state index is 0.925. The van der Waals surface area contributed by atoms with E-state index in [1.165, 1.54) is 49.2 Å². The zero-order chi connectivity index (χ0) is 18.6. The fourth-order valence-corrected chi connectivity index (χ4v) is 5.06. The standard InChI is InChI=1S/C24H16N3O/c1-13-14-9-10-28-20(14)11-19-21(13)24-22-17(25-12-26(24)2)8-7-16-15-5-3-4-6-18(15)27(19)23(16)22/h3-12H,1-2H3/q+1. The Morgan fingerprint density at radius 3 is 2.75 bits per heavy atom. The lowest BCUT2D eigenvalue weighted by molar-refractivity contribution is -0.646. The molecule has 4 heterocycles. The molecule has 4 nitrogen and oxygen atoms in total. The Morgan fingerprint density at radius 2 is 1.82 bits per heavy atom. The van der Waals surface area contributed by atoms with Gasteiger partial charge in [0.25, 0.3) is 6.33 Å². The largest absolute Gasteiger partial charge is 0.464 e. The highest BCUT2D eigenvalue weighted by atomic mass is 16.3. The number of hydrogen-bond acceptors (Lipinski definition) is 2. The van der Waals surface area contributed by atoms with Gasteiger partial charge in [0, 0.05) is 22.2 Å². The van der Waals surface area contributed by atoms with Gasteiger partial charge in [0.15, 0.2) is 5.52 Å². The van der Waals surface area contributed by atoms with Gasteiger partial charge in [0.1, 0.15) is 11.1 Å². The molecule has 0 aliphatic heterocycles.